The minimum Gasteiger partial charge on any atom is -0.467 e. The van der Waals surface area contributed by atoms with Crippen LogP contribution in [0.5, 0.6) is 0 Å². The third-order valence-corrected chi connectivity index (χ3v) is 3.38. The van der Waals surface area contributed by atoms with E-state index in [1.807, 2.05) is 0 Å². The van der Waals surface area contributed by atoms with Gasteiger partial charge in [-0.25, -0.2) is 4.79 Å². The Hall–Kier alpha value is -1.59. The topological polar surface area (TPSA) is 84.5 Å². The smallest absolute Gasteiger partial charge is 0.328 e. The van der Waals surface area contributed by atoms with Gasteiger partial charge in [-0.2, -0.15) is 0 Å². The van der Waals surface area contributed by atoms with E-state index in [9.17, 15) is 14.4 Å². The third kappa shape index (κ3) is 3.21. The van der Waals surface area contributed by atoms with Gasteiger partial charge in [-0.3, -0.25) is 9.59 Å². The van der Waals surface area contributed by atoms with Crippen molar-refractivity contribution in [2.45, 2.75) is 44.2 Å². The van der Waals surface area contributed by atoms with E-state index in [1.165, 1.54) is 7.11 Å². The molecular formula is C12H18N2O4. The predicted octanol–water partition coefficient (Wildman–Crippen LogP) is -0.277. The Morgan fingerprint density at radius 2 is 2.17 bits per heavy atom. The molecular weight excluding hydrogens is 236 g/mol. The summed E-state index contributed by atoms with van der Waals surface area (Å²) >= 11 is 0. The SMILES string of the molecule is COC(=O)[C@H](CC1CC1)NC(=O)[C@@H]1CCC(=O)N1. The lowest BCUT2D eigenvalue weighted by Gasteiger charge is -2.18. The van der Waals surface area contributed by atoms with Gasteiger partial charge >= 0.3 is 5.97 Å². The Kier molecular flexibility index (Phi) is 3.84. The molecule has 1 saturated carbocycles. The molecule has 0 spiro atoms. The van der Waals surface area contributed by atoms with E-state index < -0.39 is 18.1 Å². The Morgan fingerprint density at radius 3 is 2.67 bits per heavy atom. The number of carbonyl (C=O) groups excluding carboxylic acids is 3. The number of hydrogen-bond acceptors (Lipinski definition) is 4. The molecule has 2 fully saturated rings. The molecule has 0 aromatic heterocycles. The van der Waals surface area contributed by atoms with Gasteiger partial charge in [-0.05, 0) is 18.8 Å². The molecule has 2 rings (SSSR count). The van der Waals surface area contributed by atoms with Crippen molar-refractivity contribution in [3.05, 3.63) is 0 Å². The van der Waals surface area contributed by atoms with Crippen LogP contribution in [0, 0.1) is 5.92 Å². The van der Waals surface area contributed by atoms with Crippen LogP contribution in [-0.4, -0.2) is 37.0 Å². The molecule has 1 aliphatic carbocycles. The van der Waals surface area contributed by atoms with Gasteiger partial charge in [0.1, 0.15) is 12.1 Å². The highest BCUT2D eigenvalue weighted by atomic mass is 16.5. The summed E-state index contributed by atoms with van der Waals surface area (Å²) in [6, 6.07) is -1.10. The summed E-state index contributed by atoms with van der Waals surface area (Å²) in [5.74, 6) is -0.323. The van der Waals surface area contributed by atoms with Crippen molar-refractivity contribution in [3.63, 3.8) is 0 Å². The molecule has 2 aliphatic rings. The first-order chi connectivity index (χ1) is 8.60. The standard InChI is InChI=1S/C12H18N2O4/c1-18-12(17)9(6-7-2-3-7)14-11(16)8-4-5-10(15)13-8/h7-9H,2-6H2,1H3,(H,13,15)(H,14,16)/t8-,9-/m0/s1. The molecule has 0 aromatic carbocycles. The van der Waals surface area contributed by atoms with Crippen LogP contribution in [0.25, 0.3) is 0 Å². The van der Waals surface area contributed by atoms with E-state index in [0.29, 0.717) is 25.2 Å². The van der Waals surface area contributed by atoms with Crippen LogP contribution in [0.4, 0.5) is 0 Å². The van der Waals surface area contributed by atoms with Crippen LogP contribution in [0.1, 0.15) is 32.1 Å². The molecule has 0 unspecified atom stereocenters. The van der Waals surface area contributed by atoms with E-state index >= 15 is 0 Å². The zero-order valence-electron chi connectivity index (χ0n) is 10.4. The van der Waals surface area contributed by atoms with Crippen LogP contribution in [0.15, 0.2) is 0 Å². The number of methoxy groups -OCH3 is 1. The number of nitrogens with one attached hydrogen (secondary N) is 2. The first-order valence-electron chi connectivity index (χ1n) is 6.27. The van der Waals surface area contributed by atoms with Gasteiger partial charge < -0.3 is 15.4 Å². The second kappa shape index (κ2) is 5.37. The Bertz CT molecular complexity index is 365. The summed E-state index contributed by atoms with van der Waals surface area (Å²) in [5, 5.41) is 5.26. The van der Waals surface area contributed by atoms with Gasteiger partial charge in [0.15, 0.2) is 0 Å². The molecule has 1 heterocycles. The number of amides is 2. The van der Waals surface area contributed by atoms with Gasteiger partial charge in [-0.1, -0.05) is 12.8 Å². The molecule has 2 N–H and O–H groups in total. The Labute approximate surface area is 105 Å². The molecule has 1 saturated heterocycles. The monoisotopic (exact) mass is 254 g/mol. The summed E-state index contributed by atoms with van der Waals surface area (Å²) in [4.78, 5) is 34.5. The van der Waals surface area contributed by atoms with Crippen molar-refractivity contribution in [1.29, 1.82) is 0 Å². The lowest BCUT2D eigenvalue weighted by molar-refractivity contribution is -0.145. The summed E-state index contributed by atoms with van der Waals surface area (Å²) in [7, 11) is 1.31. The molecule has 6 nitrogen and oxygen atoms in total. The molecule has 0 radical (unpaired) electrons. The maximum absolute atomic E-state index is 11.9. The molecule has 2 atom stereocenters. The molecule has 6 heteroatoms. The van der Waals surface area contributed by atoms with Gasteiger partial charge in [0.2, 0.25) is 11.8 Å². The van der Waals surface area contributed by atoms with Crippen LogP contribution in [0.3, 0.4) is 0 Å². The van der Waals surface area contributed by atoms with E-state index in [1.54, 1.807) is 0 Å². The number of rotatable bonds is 5. The molecule has 0 aromatic rings. The van der Waals surface area contributed by atoms with E-state index in [4.69, 9.17) is 0 Å². The second-order valence-corrected chi connectivity index (χ2v) is 4.92. The molecule has 18 heavy (non-hydrogen) atoms. The van der Waals surface area contributed by atoms with Crippen molar-refractivity contribution in [2.75, 3.05) is 7.11 Å². The minimum absolute atomic E-state index is 0.119. The van der Waals surface area contributed by atoms with Crippen molar-refractivity contribution >= 4 is 17.8 Å². The van der Waals surface area contributed by atoms with E-state index in [-0.39, 0.29) is 11.8 Å². The average molecular weight is 254 g/mol. The molecule has 2 amide bonds. The molecule has 100 valence electrons. The van der Waals surface area contributed by atoms with Crippen LogP contribution < -0.4 is 10.6 Å². The lowest BCUT2D eigenvalue weighted by Crippen LogP contribution is -2.49. The Morgan fingerprint density at radius 1 is 1.44 bits per heavy atom. The highest BCUT2D eigenvalue weighted by Gasteiger charge is 2.34. The van der Waals surface area contributed by atoms with Gasteiger partial charge in [-0.15, -0.1) is 0 Å². The maximum atomic E-state index is 11.9. The number of esters is 1. The highest BCUT2D eigenvalue weighted by molar-refractivity contribution is 5.93. The first kappa shape index (κ1) is 12.9. The van der Waals surface area contributed by atoms with Crippen LogP contribution in [0.2, 0.25) is 0 Å². The van der Waals surface area contributed by atoms with Crippen molar-refractivity contribution in [2.24, 2.45) is 5.92 Å². The normalized spacial score (nSPS) is 24.3. The van der Waals surface area contributed by atoms with Gasteiger partial charge in [0, 0.05) is 6.42 Å². The second-order valence-electron chi connectivity index (χ2n) is 4.92. The quantitative estimate of drug-likeness (QED) is 0.661. The highest BCUT2D eigenvalue weighted by Crippen LogP contribution is 2.33. The zero-order chi connectivity index (χ0) is 13.1. The maximum Gasteiger partial charge on any atom is 0.328 e. The third-order valence-electron chi connectivity index (χ3n) is 3.38. The number of ether oxygens (including phenoxy) is 1. The van der Waals surface area contributed by atoms with Crippen molar-refractivity contribution < 1.29 is 19.1 Å². The largest absolute Gasteiger partial charge is 0.467 e. The van der Waals surface area contributed by atoms with Crippen LogP contribution >= 0.6 is 0 Å². The van der Waals surface area contributed by atoms with Crippen molar-refractivity contribution in [3.8, 4) is 0 Å². The zero-order valence-corrected chi connectivity index (χ0v) is 10.4. The van der Waals surface area contributed by atoms with E-state index in [2.05, 4.69) is 15.4 Å². The molecule has 0 bridgehead atoms. The summed E-state index contributed by atoms with van der Waals surface area (Å²) in [5.41, 5.74) is 0. The van der Waals surface area contributed by atoms with Crippen LogP contribution in [-0.2, 0) is 19.1 Å². The number of hydrogen-bond donors (Lipinski definition) is 2. The lowest BCUT2D eigenvalue weighted by atomic mass is 10.1. The predicted molar refractivity (Wildman–Crippen MR) is 62.5 cm³/mol. The van der Waals surface area contributed by atoms with Gasteiger partial charge in [0.25, 0.3) is 0 Å². The fourth-order valence-corrected chi connectivity index (χ4v) is 2.13. The fourth-order valence-electron chi connectivity index (χ4n) is 2.13. The van der Waals surface area contributed by atoms with Gasteiger partial charge in [0.05, 0.1) is 7.11 Å². The minimum atomic E-state index is -0.590. The average Bonchev–Trinajstić information content (AvgIpc) is 3.06. The van der Waals surface area contributed by atoms with E-state index in [0.717, 1.165) is 12.8 Å². The number of carbonyl (C=O) groups is 3. The molecule has 1 aliphatic heterocycles. The summed E-state index contributed by atoms with van der Waals surface area (Å²) < 4.78 is 4.68. The summed E-state index contributed by atoms with van der Waals surface area (Å²) in [6.07, 6.45) is 3.68. The van der Waals surface area contributed by atoms with Crippen molar-refractivity contribution in [1.82, 2.24) is 10.6 Å². The Balaban J connectivity index is 1.88. The summed E-state index contributed by atoms with van der Waals surface area (Å²) in [6.45, 7) is 0. The first-order valence-corrected chi connectivity index (χ1v) is 6.27. The fraction of sp³-hybridized carbons (Fsp3) is 0.750.